The number of aromatic nitrogens is 1. The number of nitrogens with two attached hydrogens (primary N) is 1. The highest BCUT2D eigenvalue weighted by Crippen LogP contribution is 2.27. The molecule has 4 heteroatoms. The predicted octanol–water partition coefficient (Wildman–Crippen LogP) is 2.76. The van der Waals surface area contributed by atoms with Crippen LogP contribution in [0.2, 0.25) is 0 Å². The van der Waals surface area contributed by atoms with E-state index in [-0.39, 0.29) is 5.84 Å². The van der Waals surface area contributed by atoms with E-state index >= 15 is 0 Å². The lowest BCUT2D eigenvalue weighted by Crippen LogP contribution is -2.35. The molecule has 0 atom stereocenters. The molecule has 1 aromatic carbocycles. The Kier molecular flexibility index (Phi) is 3.30. The Labute approximate surface area is 119 Å². The zero-order valence-corrected chi connectivity index (χ0v) is 11.8. The van der Waals surface area contributed by atoms with Crippen molar-refractivity contribution in [3.05, 3.63) is 35.9 Å². The molecule has 1 fully saturated rings. The maximum atomic E-state index is 7.82. The van der Waals surface area contributed by atoms with Crippen molar-refractivity contribution in [2.24, 2.45) is 11.7 Å². The lowest BCUT2D eigenvalue weighted by atomic mass is 9.98. The third kappa shape index (κ3) is 2.33. The summed E-state index contributed by atoms with van der Waals surface area (Å²) >= 11 is 0. The number of fused-ring (bicyclic) bond motifs is 1. The van der Waals surface area contributed by atoms with Crippen LogP contribution in [0.4, 0.5) is 5.82 Å². The van der Waals surface area contributed by atoms with Crippen LogP contribution >= 0.6 is 0 Å². The van der Waals surface area contributed by atoms with Crippen molar-refractivity contribution in [1.82, 2.24) is 4.98 Å². The SMILES string of the molecule is CC1CCN(c2nc3ccccc3cc2C(=N)N)CC1. The molecule has 1 aliphatic rings. The van der Waals surface area contributed by atoms with Crippen LogP contribution in [0.3, 0.4) is 0 Å². The second-order valence-electron chi connectivity index (χ2n) is 5.64. The second-order valence-corrected chi connectivity index (χ2v) is 5.64. The molecule has 20 heavy (non-hydrogen) atoms. The zero-order chi connectivity index (χ0) is 14.1. The summed E-state index contributed by atoms with van der Waals surface area (Å²) in [6.07, 6.45) is 2.34. The standard InChI is InChI=1S/C16H20N4/c1-11-6-8-20(9-7-11)16-13(15(17)18)10-12-4-2-3-5-14(12)19-16/h2-5,10-11H,6-9H2,1H3,(H3,17,18). The normalized spacial score (nSPS) is 16.6. The van der Waals surface area contributed by atoms with Crippen LogP contribution < -0.4 is 10.6 Å². The number of pyridine rings is 1. The van der Waals surface area contributed by atoms with E-state index in [0.717, 1.165) is 41.3 Å². The fourth-order valence-electron chi connectivity index (χ4n) is 2.77. The van der Waals surface area contributed by atoms with Gasteiger partial charge in [0.2, 0.25) is 0 Å². The molecule has 0 bridgehead atoms. The molecule has 0 aliphatic carbocycles. The van der Waals surface area contributed by atoms with Crippen LogP contribution in [-0.4, -0.2) is 23.9 Å². The Hall–Kier alpha value is -2.10. The Morgan fingerprint density at radius 1 is 1.30 bits per heavy atom. The molecule has 104 valence electrons. The number of benzene rings is 1. The number of rotatable bonds is 2. The van der Waals surface area contributed by atoms with Crippen molar-refractivity contribution >= 4 is 22.6 Å². The third-order valence-corrected chi connectivity index (χ3v) is 4.08. The fraction of sp³-hybridized carbons (Fsp3) is 0.375. The molecule has 0 amide bonds. The van der Waals surface area contributed by atoms with Gasteiger partial charge >= 0.3 is 0 Å². The van der Waals surface area contributed by atoms with Gasteiger partial charge in [0.25, 0.3) is 0 Å². The summed E-state index contributed by atoms with van der Waals surface area (Å²) in [4.78, 5) is 7.02. The van der Waals surface area contributed by atoms with Crippen LogP contribution in [0.25, 0.3) is 10.9 Å². The maximum absolute atomic E-state index is 7.82. The molecule has 0 spiro atoms. The van der Waals surface area contributed by atoms with Gasteiger partial charge in [-0.1, -0.05) is 25.1 Å². The Morgan fingerprint density at radius 3 is 2.70 bits per heavy atom. The van der Waals surface area contributed by atoms with Gasteiger partial charge in [0, 0.05) is 18.5 Å². The Balaban J connectivity index is 2.07. The van der Waals surface area contributed by atoms with E-state index in [1.54, 1.807) is 0 Å². The second kappa shape index (κ2) is 5.12. The van der Waals surface area contributed by atoms with Gasteiger partial charge in [-0.3, -0.25) is 5.41 Å². The van der Waals surface area contributed by atoms with E-state index < -0.39 is 0 Å². The molecule has 2 heterocycles. The van der Waals surface area contributed by atoms with Crippen LogP contribution in [0.5, 0.6) is 0 Å². The first-order valence-corrected chi connectivity index (χ1v) is 7.14. The lowest BCUT2D eigenvalue weighted by Gasteiger charge is -2.32. The topological polar surface area (TPSA) is 66.0 Å². The summed E-state index contributed by atoms with van der Waals surface area (Å²) in [5.41, 5.74) is 7.47. The van der Waals surface area contributed by atoms with Gasteiger partial charge in [-0.25, -0.2) is 4.98 Å². The largest absolute Gasteiger partial charge is 0.384 e. The fourth-order valence-corrected chi connectivity index (χ4v) is 2.77. The number of nitrogen functional groups attached to an aromatic ring is 1. The molecule has 1 aliphatic heterocycles. The van der Waals surface area contributed by atoms with E-state index in [1.165, 1.54) is 12.8 Å². The zero-order valence-electron chi connectivity index (χ0n) is 11.8. The highest BCUT2D eigenvalue weighted by molar-refractivity contribution is 6.03. The average Bonchev–Trinajstić information content (AvgIpc) is 2.46. The summed E-state index contributed by atoms with van der Waals surface area (Å²) in [6, 6.07) is 9.98. The number of anilines is 1. The number of para-hydroxylation sites is 1. The molecule has 0 saturated carbocycles. The molecule has 0 radical (unpaired) electrons. The van der Waals surface area contributed by atoms with Crippen LogP contribution in [0, 0.1) is 11.3 Å². The molecule has 0 unspecified atom stereocenters. The molecule has 3 rings (SSSR count). The number of amidine groups is 1. The Morgan fingerprint density at radius 2 is 2.00 bits per heavy atom. The lowest BCUT2D eigenvalue weighted by molar-refractivity contribution is 0.436. The van der Waals surface area contributed by atoms with Crippen molar-refractivity contribution < 1.29 is 0 Å². The molecule has 2 aromatic rings. The number of nitrogens with zero attached hydrogens (tertiary/aromatic N) is 2. The van der Waals surface area contributed by atoms with E-state index in [2.05, 4.69) is 11.8 Å². The van der Waals surface area contributed by atoms with Gasteiger partial charge in [-0.2, -0.15) is 0 Å². The van der Waals surface area contributed by atoms with Crippen molar-refractivity contribution in [2.45, 2.75) is 19.8 Å². The van der Waals surface area contributed by atoms with E-state index in [0.29, 0.717) is 0 Å². The summed E-state index contributed by atoms with van der Waals surface area (Å²) < 4.78 is 0. The van der Waals surface area contributed by atoms with E-state index in [9.17, 15) is 0 Å². The minimum Gasteiger partial charge on any atom is -0.384 e. The Bertz CT molecular complexity index is 642. The van der Waals surface area contributed by atoms with Gasteiger partial charge in [0.05, 0.1) is 11.1 Å². The predicted molar refractivity (Wildman–Crippen MR) is 83.4 cm³/mol. The van der Waals surface area contributed by atoms with Crippen LogP contribution in [0.15, 0.2) is 30.3 Å². The smallest absolute Gasteiger partial charge is 0.140 e. The number of hydrogen-bond acceptors (Lipinski definition) is 3. The molecular weight excluding hydrogens is 248 g/mol. The first-order valence-electron chi connectivity index (χ1n) is 7.14. The molecule has 1 aromatic heterocycles. The highest BCUT2D eigenvalue weighted by atomic mass is 15.2. The van der Waals surface area contributed by atoms with Gasteiger partial charge in [-0.05, 0) is 30.9 Å². The number of piperidine rings is 1. The summed E-state index contributed by atoms with van der Waals surface area (Å²) in [6.45, 7) is 4.27. The van der Waals surface area contributed by atoms with E-state index in [1.807, 2.05) is 30.3 Å². The first kappa shape index (κ1) is 12.9. The molecule has 4 nitrogen and oxygen atoms in total. The third-order valence-electron chi connectivity index (χ3n) is 4.08. The minimum atomic E-state index is 0.0943. The summed E-state index contributed by atoms with van der Waals surface area (Å²) in [7, 11) is 0. The van der Waals surface area contributed by atoms with Gasteiger partial charge < -0.3 is 10.6 Å². The number of hydrogen-bond donors (Lipinski definition) is 2. The van der Waals surface area contributed by atoms with Crippen molar-refractivity contribution in [2.75, 3.05) is 18.0 Å². The monoisotopic (exact) mass is 268 g/mol. The first-order chi connectivity index (χ1) is 9.65. The minimum absolute atomic E-state index is 0.0943. The molecular formula is C16H20N4. The highest BCUT2D eigenvalue weighted by Gasteiger charge is 2.21. The number of nitrogens with one attached hydrogen (secondary N) is 1. The quantitative estimate of drug-likeness (QED) is 0.650. The van der Waals surface area contributed by atoms with Crippen molar-refractivity contribution in [1.29, 1.82) is 5.41 Å². The maximum Gasteiger partial charge on any atom is 0.140 e. The van der Waals surface area contributed by atoms with Crippen LogP contribution in [-0.2, 0) is 0 Å². The van der Waals surface area contributed by atoms with Crippen molar-refractivity contribution in [3.63, 3.8) is 0 Å². The van der Waals surface area contributed by atoms with Gasteiger partial charge in [0.15, 0.2) is 0 Å². The summed E-state index contributed by atoms with van der Waals surface area (Å²) in [5.74, 6) is 1.73. The van der Waals surface area contributed by atoms with E-state index in [4.69, 9.17) is 16.1 Å². The molecule has 1 saturated heterocycles. The average molecular weight is 268 g/mol. The molecule has 3 N–H and O–H groups in total. The van der Waals surface area contributed by atoms with Crippen molar-refractivity contribution in [3.8, 4) is 0 Å². The summed E-state index contributed by atoms with van der Waals surface area (Å²) in [5, 5.41) is 8.85. The van der Waals surface area contributed by atoms with Gasteiger partial charge in [0.1, 0.15) is 11.7 Å². The van der Waals surface area contributed by atoms with Gasteiger partial charge in [-0.15, -0.1) is 0 Å². The van der Waals surface area contributed by atoms with Crippen LogP contribution in [0.1, 0.15) is 25.3 Å².